The molecule has 0 aliphatic rings. The zero-order valence-electron chi connectivity index (χ0n) is 11.0. The lowest BCUT2D eigenvalue weighted by Crippen LogP contribution is -2.17. The number of nitrogens with zero attached hydrogens (tertiary/aromatic N) is 1. The number of rotatable bonds is 6. The van der Waals surface area contributed by atoms with Crippen molar-refractivity contribution in [1.29, 1.82) is 0 Å². The first kappa shape index (κ1) is 14.1. The van der Waals surface area contributed by atoms with Gasteiger partial charge < -0.3 is 14.7 Å². The van der Waals surface area contributed by atoms with E-state index < -0.39 is 5.97 Å². The maximum Gasteiger partial charge on any atom is 0.328 e. The predicted octanol–water partition coefficient (Wildman–Crippen LogP) is 2.47. The second-order valence-electron chi connectivity index (χ2n) is 4.00. The Morgan fingerprint density at radius 2 is 2.22 bits per heavy atom. The number of carboxylic acid groups (broad SMARTS) is 1. The molecule has 0 aliphatic carbocycles. The molecule has 4 heteroatoms. The number of anilines is 1. The van der Waals surface area contributed by atoms with Gasteiger partial charge in [0, 0.05) is 25.4 Å². The van der Waals surface area contributed by atoms with Gasteiger partial charge in [-0.1, -0.05) is 6.08 Å². The molecule has 1 rings (SSSR count). The summed E-state index contributed by atoms with van der Waals surface area (Å²) in [5.74, 6) is -0.0398. The Labute approximate surface area is 107 Å². The highest BCUT2D eigenvalue weighted by Crippen LogP contribution is 2.23. The highest BCUT2D eigenvalue weighted by Gasteiger charge is 2.03. The number of carboxylic acids is 1. The van der Waals surface area contributed by atoms with E-state index in [1.54, 1.807) is 6.08 Å². The Kier molecular flexibility index (Phi) is 5.24. The van der Waals surface area contributed by atoms with Crippen molar-refractivity contribution in [3.8, 4) is 5.75 Å². The van der Waals surface area contributed by atoms with Crippen LogP contribution in [0.4, 0.5) is 5.69 Å². The number of likely N-dealkylation sites (N-methyl/N-ethyl adjacent to an activating group) is 1. The van der Waals surface area contributed by atoms with Crippen molar-refractivity contribution >= 4 is 11.7 Å². The van der Waals surface area contributed by atoms with E-state index in [-0.39, 0.29) is 0 Å². The number of hydrogen-bond donors (Lipinski definition) is 1. The van der Waals surface area contributed by atoms with Gasteiger partial charge in [0.15, 0.2) is 0 Å². The van der Waals surface area contributed by atoms with Gasteiger partial charge in [-0.25, -0.2) is 4.79 Å². The first-order valence-electron chi connectivity index (χ1n) is 5.88. The molecule has 0 aliphatic heterocycles. The summed E-state index contributed by atoms with van der Waals surface area (Å²) >= 11 is 0. The van der Waals surface area contributed by atoms with Crippen molar-refractivity contribution in [3.05, 3.63) is 35.9 Å². The summed E-state index contributed by atoms with van der Waals surface area (Å²) in [7, 11) is 1.92. The summed E-state index contributed by atoms with van der Waals surface area (Å²) in [6.45, 7) is 5.16. The Bertz CT molecular complexity index is 441. The van der Waals surface area contributed by atoms with Gasteiger partial charge in [0.05, 0.1) is 6.61 Å². The Morgan fingerprint density at radius 1 is 1.50 bits per heavy atom. The molecule has 98 valence electrons. The highest BCUT2D eigenvalue weighted by atomic mass is 16.5. The molecule has 0 amide bonds. The summed E-state index contributed by atoms with van der Waals surface area (Å²) in [6.07, 6.45) is 2.77. The van der Waals surface area contributed by atoms with Crippen LogP contribution in [0.2, 0.25) is 0 Å². The first-order valence-corrected chi connectivity index (χ1v) is 5.88. The van der Waals surface area contributed by atoms with Crippen LogP contribution < -0.4 is 9.64 Å². The van der Waals surface area contributed by atoms with E-state index >= 15 is 0 Å². The van der Waals surface area contributed by atoms with Crippen LogP contribution in [0.15, 0.2) is 30.4 Å². The van der Waals surface area contributed by atoms with E-state index in [0.717, 1.165) is 23.1 Å². The minimum atomic E-state index is -0.925. The van der Waals surface area contributed by atoms with Gasteiger partial charge in [-0.3, -0.25) is 0 Å². The molecule has 1 aromatic carbocycles. The molecule has 4 nitrogen and oxygen atoms in total. The lowest BCUT2D eigenvalue weighted by atomic mass is 10.2. The van der Waals surface area contributed by atoms with Crippen LogP contribution in [0.5, 0.6) is 5.75 Å². The molecule has 0 saturated heterocycles. The van der Waals surface area contributed by atoms with Gasteiger partial charge in [-0.05, 0) is 37.6 Å². The number of benzene rings is 1. The van der Waals surface area contributed by atoms with Crippen molar-refractivity contribution in [3.63, 3.8) is 0 Å². The van der Waals surface area contributed by atoms with Crippen molar-refractivity contribution in [1.82, 2.24) is 0 Å². The second kappa shape index (κ2) is 6.69. The summed E-state index contributed by atoms with van der Waals surface area (Å²) < 4.78 is 5.47. The summed E-state index contributed by atoms with van der Waals surface area (Å²) in [4.78, 5) is 12.3. The topological polar surface area (TPSA) is 49.8 Å². The van der Waals surface area contributed by atoms with E-state index in [4.69, 9.17) is 9.84 Å². The Balaban J connectivity index is 2.71. The lowest BCUT2D eigenvalue weighted by Gasteiger charge is -2.18. The van der Waals surface area contributed by atoms with E-state index in [9.17, 15) is 4.79 Å². The molecule has 0 saturated carbocycles. The fourth-order valence-corrected chi connectivity index (χ4v) is 1.61. The van der Waals surface area contributed by atoms with Crippen molar-refractivity contribution in [2.75, 3.05) is 25.1 Å². The molecule has 0 bridgehead atoms. The van der Waals surface area contributed by atoms with Crippen LogP contribution >= 0.6 is 0 Å². The van der Waals surface area contributed by atoms with Gasteiger partial charge >= 0.3 is 5.97 Å². The highest BCUT2D eigenvalue weighted by molar-refractivity contribution is 5.79. The molecule has 1 aromatic rings. The van der Waals surface area contributed by atoms with E-state index in [1.165, 1.54) is 0 Å². The van der Waals surface area contributed by atoms with Crippen molar-refractivity contribution < 1.29 is 14.6 Å². The Morgan fingerprint density at radius 3 is 2.78 bits per heavy atom. The SMILES string of the molecule is CCOc1ccc(N(C)C/C=C/C(=O)O)cc1C. The molecule has 0 heterocycles. The zero-order valence-corrected chi connectivity index (χ0v) is 11.0. The molecule has 0 unspecified atom stereocenters. The molecular formula is C14H19NO3. The van der Waals surface area contributed by atoms with Crippen molar-refractivity contribution in [2.24, 2.45) is 0 Å². The molecule has 18 heavy (non-hydrogen) atoms. The predicted molar refractivity (Wildman–Crippen MR) is 72.4 cm³/mol. The molecule has 0 aromatic heterocycles. The van der Waals surface area contributed by atoms with E-state index in [1.807, 2.05) is 44.0 Å². The summed E-state index contributed by atoms with van der Waals surface area (Å²) in [6, 6.07) is 5.93. The monoisotopic (exact) mass is 249 g/mol. The fourth-order valence-electron chi connectivity index (χ4n) is 1.61. The number of ether oxygens (including phenoxy) is 1. The maximum atomic E-state index is 10.4. The van der Waals surface area contributed by atoms with Crippen molar-refractivity contribution in [2.45, 2.75) is 13.8 Å². The summed E-state index contributed by atoms with van der Waals surface area (Å²) in [5, 5.41) is 8.51. The first-order chi connectivity index (χ1) is 8.54. The van der Waals surface area contributed by atoms with Crippen LogP contribution in [0.3, 0.4) is 0 Å². The van der Waals surface area contributed by atoms with E-state index in [2.05, 4.69) is 0 Å². The molecule has 1 N–H and O–H groups in total. The average molecular weight is 249 g/mol. The van der Waals surface area contributed by atoms with Crippen LogP contribution in [-0.2, 0) is 4.79 Å². The van der Waals surface area contributed by atoms with Gasteiger partial charge in [0.1, 0.15) is 5.75 Å². The quantitative estimate of drug-likeness (QED) is 0.787. The molecular weight excluding hydrogens is 230 g/mol. The van der Waals surface area contributed by atoms with Crippen LogP contribution in [0.25, 0.3) is 0 Å². The number of aryl methyl sites for hydroxylation is 1. The zero-order chi connectivity index (χ0) is 13.5. The number of hydrogen-bond acceptors (Lipinski definition) is 3. The molecule has 0 fully saturated rings. The number of aliphatic carboxylic acids is 1. The second-order valence-corrected chi connectivity index (χ2v) is 4.00. The van der Waals surface area contributed by atoms with Gasteiger partial charge in [-0.15, -0.1) is 0 Å². The van der Waals surface area contributed by atoms with Gasteiger partial charge in [0.2, 0.25) is 0 Å². The van der Waals surface area contributed by atoms with Gasteiger partial charge in [-0.2, -0.15) is 0 Å². The lowest BCUT2D eigenvalue weighted by molar-refractivity contribution is -0.131. The normalized spacial score (nSPS) is 10.6. The largest absolute Gasteiger partial charge is 0.494 e. The standard InChI is InChI=1S/C14H19NO3/c1-4-18-13-8-7-12(10-11(13)2)15(3)9-5-6-14(16)17/h5-8,10H,4,9H2,1-3H3,(H,16,17)/b6-5+. The Hall–Kier alpha value is -1.97. The number of carbonyl (C=O) groups is 1. The molecule has 0 atom stereocenters. The smallest absolute Gasteiger partial charge is 0.328 e. The van der Waals surface area contributed by atoms with Gasteiger partial charge in [0.25, 0.3) is 0 Å². The van der Waals surface area contributed by atoms with Crippen LogP contribution in [-0.4, -0.2) is 31.3 Å². The van der Waals surface area contributed by atoms with E-state index in [0.29, 0.717) is 13.2 Å². The molecule has 0 radical (unpaired) electrons. The third-order valence-corrected chi connectivity index (χ3v) is 2.54. The third-order valence-electron chi connectivity index (χ3n) is 2.54. The fraction of sp³-hybridized carbons (Fsp3) is 0.357. The summed E-state index contributed by atoms with van der Waals surface area (Å²) in [5.41, 5.74) is 2.11. The van der Waals surface area contributed by atoms with Crippen LogP contribution in [0.1, 0.15) is 12.5 Å². The van der Waals surface area contributed by atoms with Crippen LogP contribution in [0, 0.1) is 6.92 Å². The molecule has 0 spiro atoms. The third kappa shape index (κ3) is 4.13. The minimum absolute atomic E-state index is 0.555. The average Bonchev–Trinajstić information content (AvgIpc) is 2.31. The minimum Gasteiger partial charge on any atom is -0.494 e. The maximum absolute atomic E-state index is 10.4.